The van der Waals surface area contributed by atoms with Crippen molar-refractivity contribution < 1.29 is 4.74 Å². The zero-order chi connectivity index (χ0) is 12.3. The molecule has 2 atom stereocenters. The summed E-state index contributed by atoms with van der Waals surface area (Å²) < 4.78 is 5.16. The number of hydrogen-bond donors (Lipinski definition) is 1. The van der Waals surface area contributed by atoms with E-state index in [1.165, 1.54) is 5.69 Å². The molecular weight excluding hydrogens is 214 g/mol. The monoisotopic (exact) mass is 235 g/mol. The summed E-state index contributed by atoms with van der Waals surface area (Å²) in [5.41, 5.74) is 7.30. The minimum atomic E-state index is 0.347. The van der Waals surface area contributed by atoms with Crippen molar-refractivity contribution >= 4 is 5.69 Å². The third kappa shape index (κ3) is 2.69. The normalized spacial score (nSPS) is 24.8. The molecule has 1 aliphatic heterocycles. The summed E-state index contributed by atoms with van der Waals surface area (Å²) in [6, 6.07) is 4.37. The molecule has 94 valence electrons. The summed E-state index contributed by atoms with van der Waals surface area (Å²) in [6.07, 6.45) is 3.99. The maximum Gasteiger partial charge on any atom is 0.214 e. The third-order valence-electron chi connectivity index (χ3n) is 3.61. The van der Waals surface area contributed by atoms with Gasteiger partial charge in [-0.3, -0.25) is 0 Å². The van der Waals surface area contributed by atoms with Crippen LogP contribution < -0.4 is 15.4 Å². The molecule has 0 spiro atoms. The molecule has 1 saturated heterocycles. The molecule has 0 bridgehead atoms. The summed E-state index contributed by atoms with van der Waals surface area (Å²) in [4.78, 5) is 6.51. The van der Waals surface area contributed by atoms with Crippen molar-refractivity contribution in [1.82, 2.24) is 4.98 Å². The van der Waals surface area contributed by atoms with Crippen molar-refractivity contribution in [3.63, 3.8) is 0 Å². The van der Waals surface area contributed by atoms with Crippen LogP contribution in [0.25, 0.3) is 0 Å². The first-order valence-electron chi connectivity index (χ1n) is 6.25. The van der Waals surface area contributed by atoms with Gasteiger partial charge in [-0.05, 0) is 18.4 Å². The maximum absolute atomic E-state index is 6.12. The first-order chi connectivity index (χ1) is 8.24. The number of hydrogen-bond acceptors (Lipinski definition) is 4. The second kappa shape index (κ2) is 5.36. The molecule has 0 aromatic carbocycles. The van der Waals surface area contributed by atoms with Crippen molar-refractivity contribution in [2.45, 2.75) is 25.8 Å². The molecule has 2 rings (SSSR count). The number of nitrogens with zero attached hydrogens (tertiary/aromatic N) is 2. The van der Waals surface area contributed by atoms with E-state index in [2.05, 4.69) is 16.8 Å². The molecule has 0 amide bonds. The van der Waals surface area contributed by atoms with Crippen LogP contribution in [-0.2, 0) is 0 Å². The lowest BCUT2D eigenvalue weighted by Gasteiger charge is -2.37. The van der Waals surface area contributed by atoms with Crippen molar-refractivity contribution in [1.29, 1.82) is 0 Å². The molecule has 0 radical (unpaired) electrons. The van der Waals surface area contributed by atoms with Gasteiger partial charge in [0, 0.05) is 37.1 Å². The fourth-order valence-electron chi connectivity index (χ4n) is 2.42. The lowest BCUT2D eigenvalue weighted by Crippen LogP contribution is -2.46. The highest BCUT2D eigenvalue weighted by Gasteiger charge is 2.25. The Bertz CT molecular complexity index is 369. The van der Waals surface area contributed by atoms with Crippen LogP contribution >= 0.6 is 0 Å². The standard InChI is InChI=1S/C13H21N3O/c1-3-10-9-16(7-5-12(10)14)11-4-6-15-13(8-11)17-2/h4,6,8,10,12H,3,5,7,9,14H2,1-2H3. The van der Waals surface area contributed by atoms with Crippen molar-refractivity contribution in [2.75, 3.05) is 25.1 Å². The predicted molar refractivity (Wildman–Crippen MR) is 69.4 cm³/mol. The van der Waals surface area contributed by atoms with Gasteiger partial charge in [0.15, 0.2) is 0 Å². The number of rotatable bonds is 3. The first kappa shape index (κ1) is 12.2. The molecule has 2 N–H and O–H groups in total. The van der Waals surface area contributed by atoms with E-state index < -0.39 is 0 Å². The largest absolute Gasteiger partial charge is 0.481 e. The average Bonchev–Trinajstić information content (AvgIpc) is 2.39. The van der Waals surface area contributed by atoms with Gasteiger partial charge >= 0.3 is 0 Å². The van der Waals surface area contributed by atoms with Crippen molar-refractivity contribution in [3.05, 3.63) is 18.3 Å². The first-order valence-corrected chi connectivity index (χ1v) is 6.25. The van der Waals surface area contributed by atoms with Crippen LogP contribution in [0.2, 0.25) is 0 Å². The highest BCUT2D eigenvalue weighted by atomic mass is 16.5. The minimum absolute atomic E-state index is 0.347. The summed E-state index contributed by atoms with van der Waals surface area (Å²) in [5, 5.41) is 0. The zero-order valence-electron chi connectivity index (χ0n) is 10.6. The fraction of sp³-hybridized carbons (Fsp3) is 0.615. The molecule has 2 unspecified atom stereocenters. The summed E-state index contributed by atoms with van der Waals surface area (Å²) in [5.74, 6) is 1.26. The highest BCUT2D eigenvalue weighted by molar-refractivity contribution is 5.48. The Morgan fingerprint density at radius 3 is 3.12 bits per heavy atom. The van der Waals surface area contributed by atoms with E-state index in [1.807, 2.05) is 12.1 Å². The number of pyridine rings is 1. The molecule has 1 aromatic heterocycles. The van der Waals surface area contributed by atoms with Crippen molar-refractivity contribution in [3.8, 4) is 5.88 Å². The lowest BCUT2D eigenvalue weighted by molar-refractivity contribution is 0.347. The SMILES string of the molecule is CCC1CN(c2ccnc(OC)c2)CCC1N. The molecule has 0 aliphatic carbocycles. The number of anilines is 1. The van der Waals surface area contributed by atoms with E-state index in [0.717, 1.165) is 25.9 Å². The van der Waals surface area contributed by atoms with Gasteiger partial charge in [0.1, 0.15) is 0 Å². The minimum Gasteiger partial charge on any atom is -0.481 e. The zero-order valence-corrected chi connectivity index (χ0v) is 10.6. The Morgan fingerprint density at radius 1 is 1.59 bits per heavy atom. The van der Waals surface area contributed by atoms with Gasteiger partial charge in [-0.1, -0.05) is 13.3 Å². The second-order valence-electron chi connectivity index (χ2n) is 4.62. The Hall–Kier alpha value is -1.29. The molecule has 1 aromatic rings. The second-order valence-corrected chi connectivity index (χ2v) is 4.62. The molecule has 1 aliphatic rings. The van der Waals surface area contributed by atoms with E-state index in [4.69, 9.17) is 10.5 Å². The smallest absolute Gasteiger partial charge is 0.214 e. The van der Waals surface area contributed by atoms with Gasteiger partial charge in [-0.25, -0.2) is 4.98 Å². The Labute approximate surface area is 103 Å². The van der Waals surface area contributed by atoms with Crippen LogP contribution in [0.3, 0.4) is 0 Å². The topological polar surface area (TPSA) is 51.4 Å². The van der Waals surface area contributed by atoms with Crippen molar-refractivity contribution in [2.24, 2.45) is 11.7 Å². The number of nitrogens with two attached hydrogens (primary N) is 1. The summed E-state index contributed by atoms with van der Waals surface area (Å²) in [6.45, 7) is 4.26. The Kier molecular flexibility index (Phi) is 3.84. The van der Waals surface area contributed by atoms with Gasteiger partial charge in [0.2, 0.25) is 5.88 Å². The van der Waals surface area contributed by atoms with E-state index >= 15 is 0 Å². The third-order valence-corrected chi connectivity index (χ3v) is 3.61. The van der Waals surface area contributed by atoms with Gasteiger partial charge < -0.3 is 15.4 Å². The molecule has 4 heteroatoms. The average molecular weight is 235 g/mol. The van der Waals surface area contributed by atoms with Crippen LogP contribution in [0.15, 0.2) is 18.3 Å². The highest BCUT2D eigenvalue weighted by Crippen LogP contribution is 2.25. The number of aromatic nitrogens is 1. The molecule has 17 heavy (non-hydrogen) atoms. The molecule has 4 nitrogen and oxygen atoms in total. The van der Waals surface area contributed by atoms with Crippen LogP contribution in [0.1, 0.15) is 19.8 Å². The summed E-state index contributed by atoms with van der Waals surface area (Å²) >= 11 is 0. The molecular formula is C13H21N3O. The van der Waals surface area contributed by atoms with E-state index in [9.17, 15) is 0 Å². The van der Waals surface area contributed by atoms with E-state index in [-0.39, 0.29) is 0 Å². The summed E-state index contributed by atoms with van der Waals surface area (Å²) in [7, 11) is 1.65. The van der Waals surface area contributed by atoms with Crippen LogP contribution in [0, 0.1) is 5.92 Å². The Balaban J connectivity index is 2.11. The number of methoxy groups -OCH3 is 1. The van der Waals surface area contributed by atoms with Gasteiger partial charge in [-0.15, -0.1) is 0 Å². The molecule has 0 saturated carbocycles. The molecule has 1 fully saturated rings. The Morgan fingerprint density at radius 2 is 2.41 bits per heavy atom. The molecule has 2 heterocycles. The fourth-order valence-corrected chi connectivity index (χ4v) is 2.42. The van der Waals surface area contributed by atoms with Gasteiger partial charge in [-0.2, -0.15) is 0 Å². The van der Waals surface area contributed by atoms with Crippen LogP contribution in [0.5, 0.6) is 5.88 Å². The van der Waals surface area contributed by atoms with Gasteiger partial charge in [0.25, 0.3) is 0 Å². The van der Waals surface area contributed by atoms with Crippen LogP contribution in [0.4, 0.5) is 5.69 Å². The lowest BCUT2D eigenvalue weighted by atomic mass is 9.90. The van der Waals surface area contributed by atoms with E-state index in [0.29, 0.717) is 17.8 Å². The number of ether oxygens (including phenoxy) is 1. The maximum atomic E-state index is 6.12. The van der Waals surface area contributed by atoms with Crippen LogP contribution in [-0.4, -0.2) is 31.2 Å². The van der Waals surface area contributed by atoms with E-state index in [1.54, 1.807) is 13.3 Å². The van der Waals surface area contributed by atoms with Gasteiger partial charge in [0.05, 0.1) is 7.11 Å². The number of piperidine rings is 1. The predicted octanol–water partition coefficient (Wildman–Crippen LogP) is 1.65. The quantitative estimate of drug-likeness (QED) is 0.865.